The first-order chi connectivity index (χ1) is 16.6. The minimum atomic E-state index is -4.39. The van der Waals surface area contributed by atoms with E-state index in [1.54, 1.807) is 6.07 Å². The van der Waals surface area contributed by atoms with E-state index in [1.165, 1.54) is 18.2 Å². The van der Waals surface area contributed by atoms with Crippen LogP contribution in [0.3, 0.4) is 0 Å². The smallest absolute Gasteiger partial charge is 0.416 e. The predicted molar refractivity (Wildman–Crippen MR) is 130 cm³/mol. The normalized spacial score (nSPS) is 12.6. The summed E-state index contributed by atoms with van der Waals surface area (Å²) in [6.45, 7) is 5.90. The number of halogens is 3. The fraction of sp³-hybridized carbons (Fsp3) is 0.286. The Balaban J connectivity index is 1.91. The molecular weight excluding hydrogens is 455 g/mol. The molecule has 184 valence electrons. The van der Waals surface area contributed by atoms with Crippen LogP contribution < -0.4 is 4.74 Å². The van der Waals surface area contributed by atoms with Gasteiger partial charge in [-0.25, -0.2) is 9.78 Å². The van der Waals surface area contributed by atoms with Crippen molar-refractivity contribution in [3.8, 4) is 17.0 Å². The molecule has 1 atom stereocenters. The fourth-order valence-electron chi connectivity index (χ4n) is 3.85. The molecule has 3 aromatic rings. The molecule has 1 aromatic heterocycles. The lowest BCUT2D eigenvalue weighted by Crippen LogP contribution is -2.12. The molecule has 0 radical (unpaired) electrons. The molecule has 0 bridgehead atoms. The Morgan fingerprint density at radius 3 is 2.31 bits per heavy atom. The molecule has 0 aliphatic heterocycles. The zero-order valence-electron chi connectivity index (χ0n) is 19.9. The number of ether oxygens (including phenoxy) is 1. The molecule has 3 rings (SSSR count). The van der Waals surface area contributed by atoms with Crippen molar-refractivity contribution in [1.82, 2.24) is 4.98 Å². The van der Waals surface area contributed by atoms with Crippen LogP contribution in [0.15, 0.2) is 60.7 Å². The number of carboxylic acids is 1. The van der Waals surface area contributed by atoms with Crippen LogP contribution in [0.2, 0.25) is 0 Å². The topological polar surface area (TPSA) is 59.4 Å². The van der Waals surface area contributed by atoms with Crippen LogP contribution in [0.5, 0.6) is 5.75 Å². The van der Waals surface area contributed by atoms with Gasteiger partial charge in [-0.3, -0.25) is 0 Å². The molecule has 0 saturated carbocycles. The van der Waals surface area contributed by atoms with Gasteiger partial charge in [-0.1, -0.05) is 31.5 Å². The Hall–Kier alpha value is -3.61. The first-order valence-corrected chi connectivity index (χ1v) is 11.4. The van der Waals surface area contributed by atoms with E-state index in [4.69, 9.17) is 14.8 Å². The number of nitrogens with zero attached hydrogens (tertiary/aromatic N) is 1. The van der Waals surface area contributed by atoms with Crippen LogP contribution in [0, 0.1) is 13.8 Å². The minimum absolute atomic E-state index is 0.345. The van der Waals surface area contributed by atoms with Gasteiger partial charge in [-0.15, -0.1) is 0 Å². The molecule has 35 heavy (non-hydrogen) atoms. The number of hydrogen-bond donors (Lipinski definition) is 1. The number of aliphatic carboxylic acids is 1. The Morgan fingerprint density at radius 2 is 1.74 bits per heavy atom. The van der Waals surface area contributed by atoms with Gasteiger partial charge in [0.25, 0.3) is 0 Å². The Kier molecular flexibility index (Phi) is 8.33. The summed E-state index contributed by atoms with van der Waals surface area (Å²) in [7, 11) is 0. The van der Waals surface area contributed by atoms with E-state index in [0.29, 0.717) is 22.7 Å². The molecule has 0 aliphatic carbocycles. The molecule has 1 N–H and O–H groups in total. The van der Waals surface area contributed by atoms with Gasteiger partial charge in [-0.05, 0) is 85.9 Å². The minimum Gasteiger partial charge on any atom is -0.484 e. The molecule has 0 saturated heterocycles. The zero-order valence-corrected chi connectivity index (χ0v) is 19.9. The van der Waals surface area contributed by atoms with Crippen molar-refractivity contribution in [3.63, 3.8) is 0 Å². The number of carbonyl (C=O) groups is 1. The summed E-state index contributed by atoms with van der Waals surface area (Å²) in [6.07, 6.45) is 0.498. The lowest BCUT2D eigenvalue weighted by atomic mass is 10.0. The number of pyridine rings is 1. The van der Waals surface area contributed by atoms with E-state index >= 15 is 0 Å². The number of alkyl halides is 3. The van der Waals surface area contributed by atoms with E-state index in [-0.39, 0.29) is 6.10 Å². The average Bonchev–Trinajstić information content (AvgIpc) is 2.81. The molecule has 0 aliphatic rings. The van der Waals surface area contributed by atoms with Crippen molar-refractivity contribution in [2.45, 2.75) is 52.3 Å². The van der Waals surface area contributed by atoms with Crippen LogP contribution in [0.25, 0.3) is 17.3 Å². The second-order valence-electron chi connectivity index (χ2n) is 8.43. The van der Waals surface area contributed by atoms with E-state index in [0.717, 1.165) is 54.2 Å². The third-order valence-corrected chi connectivity index (χ3v) is 5.59. The number of hydrogen-bond acceptors (Lipinski definition) is 3. The van der Waals surface area contributed by atoms with Gasteiger partial charge in [0.1, 0.15) is 11.9 Å². The quantitative estimate of drug-likeness (QED) is 0.316. The molecule has 0 fully saturated rings. The monoisotopic (exact) mass is 483 g/mol. The van der Waals surface area contributed by atoms with Crippen molar-refractivity contribution in [2.75, 3.05) is 0 Å². The van der Waals surface area contributed by atoms with Gasteiger partial charge in [-0.2, -0.15) is 13.2 Å². The van der Waals surface area contributed by atoms with Crippen LogP contribution in [-0.2, 0) is 11.0 Å². The largest absolute Gasteiger partial charge is 0.484 e. The summed E-state index contributed by atoms with van der Waals surface area (Å²) in [5.41, 5.74) is 3.67. The van der Waals surface area contributed by atoms with Crippen molar-refractivity contribution < 1.29 is 27.8 Å². The van der Waals surface area contributed by atoms with Gasteiger partial charge >= 0.3 is 12.1 Å². The lowest BCUT2D eigenvalue weighted by Gasteiger charge is -2.22. The van der Waals surface area contributed by atoms with E-state index < -0.39 is 17.7 Å². The number of benzene rings is 2. The summed E-state index contributed by atoms with van der Waals surface area (Å²) in [6, 6.07) is 14.2. The maximum atomic E-state index is 12.9. The summed E-state index contributed by atoms with van der Waals surface area (Å²) in [4.78, 5) is 15.6. The van der Waals surface area contributed by atoms with Crippen LogP contribution in [0.4, 0.5) is 13.2 Å². The van der Waals surface area contributed by atoms with Crippen molar-refractivity contribution >= 4 is 12.0 Å². The lowest BCUT2D eigenvalue weighted by molar-refractivity contribution is -0.137. The zero-order chi connectivity index (χ0) is 25.6. The number of unbranched alkanes of at least 4 members (excludes halogenated alkanes) is 1. The number of aryl methyl sites for hydroxylation is 2. The SMILES string of the molecule is CCCCC(Oc1c(C)cc(C=CC(=O)O)cc1C)c1cccc(-c2ccc(C(F)(F)F)cc2)n1. The molecule has 4 nitrogen and oxygen atoms in total. The molecule has 7 heteroatoms. The molecule has 2 aromatic carbocycles. The number of carboxylic acid groups (broad SMARTS) is 1. The summed E-state index contributed by atoms with van der Waals surface area (Å²) in [5, 5.41) is 8.88. The molecule has 1 unspecified atom stereocenters. The van der Waals surface area contributed by atoms with Gasteiger partial charge in [0, 0.05) is 11.6 Å². The van der Waals surface area contributed by atoms with Crippen molar-refractivity contribution in [2.24, 2.45) is 0 Å². The van der Waals surface area contributed by atoms with Crippen LogP contribution in [-0.4, -0.2) is 16.1 Å². The van der Waals surface area contributed by atoms with Gasteiger partial charge in [0.2, 0.25) is 0 Å². The van der Waals surface area contributed by atoms with Gasteiger partial charge in [0.05, 0.1) is 17.0 Å². The second kappa shape index (κ2) is 11.2. The van der Waals surface area contributed by atoms with Crippen LogP contribution in [0.1, 0.15) is 60.2 Å². The second-order valence-corrected chi connectivity index (χ2v) is 8.43. The highest BCUT2D eigenvalue weighted by Crippen LogP contribution is 2.34. The van der Waals surface area contributed by atoms with Crippen molar-refractivity contribution in [3.05, 3.63) is 88.6 Å². The Bertz CT molecular complexity index is 1180. The van der Waals surface area contributed by atoms with E-state index in [9.17, 15) is 18.0 Å². The summed E-state index contributed by atoms with van der Waals surface area (Å²) < 4.78 is 45.2. The molecule has 1 heterocycles. The third kappa shape index (κ3) is 6.94. The standard InChI is InChI=1S/C28H28F3NO3/c1-4-5-9-25(35-27-18(2)16-20(17-19(27)3)10-15-26(33)34)24-8-6-7-23(32-24)21-11-13-22(14-12-21)28(29,30)31/h6-8,10-17,25H,4-5,9H2,1-3H3,(H,33,34). The first kappa shape index (κ1) is 26.0. The Morgan fingerprint density at radius 1 is 1.09 bits per heavy atom. The van der Waals surface area contributed by atoms with Gasteiger partial charge < -0.3 is 9.84 Å². The maximum Gasteiger partial charge on any atom is 0.416 e. The number of rotatable bonds is 9. The third-order valence-electron chi connectivity index (χ3n) is 5.59. The maximum absolute atomic E-state index is 12.9. The predicted octanol–water partition coefficient (Wildman–Crippen LogP) is 7.79. The fourth-order valence-corrected chi connectivity index (χ4v) is 3.85. The average molecular weight is 484 g/mol. The van der Waals surface area contributed by atoms with E-state index in [2.05, 4.69) is 6.92 Å². The first-order valence-electron chi connectivity index (χ1n) is 11.4. The summed E-state index contributed by atoms with van der Waals surface area (Å²) >= 11 is 0. The number of aromatic nitrogens is 1. The highest BCUT2D eigenvalue weighted by Gasteiger charge is 2.30. The molecule has 0 spiro atoms. The highest BCUT2D eigenvalue weighted by atomic mass is 19.4. The van der Waals surface area contributed by atoms with Crippen molar-refractivity contribution in [1.29, 1.82) is 0 Å². The highest BCUT2D eigenvalue weighted by molar-refractivity contribution is 5.85. The molecule has 0 amide bonds. The van der Waals surface area contributed by atoms with Gasteiger partial charge in [0.15, 0.2) is 0 Å². The molecular formula is C28H28F3NO3. The Labute approximate surface area is 203 Å². The summed E-state index contributed by atoms with van der Waals surface area (Å²) in [5.74, 6) is -0.306. The van der Waals surface area contributed by atoms with E-state index in [1.807, 2.05) is 38.1 Å². The van der Waals surface area contributed by atoms with Crippen LogP contribution >= 0.6 is 0 Å².